The van der Waals surface area contributed by atoms with Crippen molar-refractivity contribution in [1.29, 1.82) is 0 Å². The summed E-state index contributed by atoms with van der Waals surface area (Å²) < 4.78 is 0. The maximum Gasteiger partial charge on any atom is 0.296 e. The van der Waals surface area contributed by atoms with E-state index in [0.29, 0.717) is 12.4 Å². The van der Waals surface area contributed by atoms with Crippen molar-refractivity contribution in [2.75, 3.05) is 5.73 Å². The Hall–Kier alpha value is -1.96. The van der Waals surface area contributed by atoms with Crippen LogP contribution < -0.4 is 11.1 Å². The lowest BCUT2D eigenvalue weighted by atomic mass is 10.3. The lowest BCUT2D eigenvalue weighted by Gasteiger charge is -1.97. The van der Waals surface area contributed by atoms with Crippen molar-refractivity contribution in [3.63, 3.8) is 0 Å². The van der Waals surface area contributed by atoms with Crippen LogP contribution in [-0.4, -0.2) is 16.1 Å². The Labute approximate surface area is 75.7 Å². The van der Waals surface area contributed by atoms with E-state index in [1.54, 1.807) is 13.1 Å². The number of amides is 1. The zero-order valence-electron chi connectivity index (χ0n) is 7.22. The molecule has 0 atom stereocenters. The first kappa shape index (κ1) is 9.13. The molecule has 0 fully saturated rings. The molecule has 68 valence electrons. The molecule has 1 heterocycles. The van der Waals surface area contributed by atoms with E-state index >= 15 is 0 Å². The fourth-order valence-corrected chi connectivity index (χ4v) is 0.795. The van der Waals surface area contributed by atoms with E-state index in [2.05, 4.69) is 27.4 Å². The Bertz CT molecular complexity index is 358. The van der Waals surface area contributed by atoms with Crippen LogP contribution >= 0.6 is 0 Å². The Morgan fingerprint density at radius 3 is 3.15 bits per heavy atom. The zero-order valence-corrected chi connectivity index (χ0v) is 7.22. The molecule has 1 aromatic rings. The molecule has 4 N–H and O–H groups in total. The van der Waals surface area contributed by atoms with Crippen molar-refractivity contribution in [2.45, 2.75) is 13.5 Å². The lowest BCUT2D eigenvalue weighted by Crippen LogP contribution is -2.20. The van der Waals surface area contributed by atoms with Gasteiger partial charge in [0.25, 0.3) is 5.91 Å². The van der Waals surface area contributed by atoms with Crippen LogP contribution in [0.3, 0.4) is 0 Å². The first-order chi connectivity index (χ1) is 6.24. The Balaban J connectivity index is 2.47. The van der Waals surface area contributed by atoms with Gasteiger partial charge in [0, 0.05) is 12.1 Å². The first-order valence-corrected chi connectivity index (χ1v) is 3.72. The second kappa shape index (κ2) is 4.16. The van der Waals surface area contributed by atoms with Crippen LogP contribution in [0.25, 0.3) is 0 Å². The number of nitrogens with zero attached hydrogens (tertiary/aromatic N) is 1. The van der Waals surface area contributed by atoms with Crippen LogP contribution in [0.4, 0.5) is 5.82 Å². The summed E-state index contributed by atoms with van der Waals surface area (Å²) in [6.45, 7) is 1.95. The molecule has 0 aliphatic carbocycles. The molecule has 0 unspecified atom stereocenters. The van der Waals surface area contributed by atoms with Crippen LogP contribution in [0.15, 0.2) is 6.20 Å². The number of nitrogens with one attached hydrogen (secondary N) is 2. The molecule has 0 aliphatic rings. The Morgan fingerprint density at radius 1 is 1.85 bits per heavy atom. The molecule has 0 aliphatic heterocycles. The summed E-state index contributed by atoms with van der Waals surface area (Å²) in [6.07, 6.45) is 1.56. The Morgan fingerprint density at radius 2 is 2.62 bits per heavy atom. The second-order valence-corrected chi connectivity index (χ2v) is 2.37. The normalized spacial score (nSPS) is 8.69. The van der Waals surface area contributed by atoms with Crippen LogP contribution in [0, 0.1) is 11.8 Å². The minimum Gasteiger partial charge on any atom is -0.384 e. The summed E-state index contributed by atoms with van der Waals surface area (Å²) in [5, 5.41) is 8.85. The van der Waals surface area contributed by atoms with Gasteiger partial charge in [-0.25, -0.2) is 0 Å². The van der Waals surface area contributed by atoms with Gasteiger partial charge in [0.05, 0.1) is 6.20 Å². The predicted octanol–water partition coefficient (Wildman–Crippen LogP) is -0.369. The van der Waals surface area contributed by atoms with E-state index in [1.165, 1.54) is 0 Å². The van der Waals surface area contributed by atoms with Gasteiger partial charge in [-0.3, -0.25) is 9.89 Å². The molecular formula is C8H10N4O. The number of H-pyrrole nitrogens is 1. The standard InChI is InChI=1S/C8H10N4O/c1-2-3-7(13)10-4-6-5-11-12-8(6)9/h5H,4H2,1H3,(H,10,13)(H3,9,11,12). The van der Waals surface area contributed by atoms with Crippen molar-refractivity contribution in [3.8, 4) is 11.8 Å². The zero-order chi connectivity index (χ0) is 9.68. The van der Waals surface area contributed by atoms with E-state index < -0.39 is 0 Å². The molecule has 0 radical (unpaired) electrons. The molecule has 1 aromatic heterocycles. The van der Waals surface area contributed by atoms with Gasteiger partial charge in [-0.1, -0.05) is 5.92 Å². The number of nitrogens with two attached hydrogens (primary N) is 1. The highest BCUT2D eigenvalue weighted by molar-refractivity contribution is 5.93. The van der Waals surface area contributed by atoms with Crippen LogP contribution in [-0.2, 0) is 11.3 Å². The van der Waals surface area contributed by atoms with E-state index in [0.717, 1.165) is 5.56 Å². The molecule has 0 bridgehead atoms. The third-order valence-electron chi connectivity index (χ3n) is 1.43. The number of nitrogen functional groups attached to an aromatic ring is 1. The minimum atomic E-state index is -0.317. The van der Waals surface area contributed by atoms with Crippen LogP contribution in [0.2, 0.25) is 0 Å². The third kappa shape index (κ3) is 2.52. The molecule has 0 aromatic carbocycles. The molecule has 1 amide bonds. The number of hydrogen-bond donors (Lipinski definition) is 3. The first-order valence-electron chi connectivity index (χ1n) is 3.72. The molecule has 5 heteroatoms. The van der Waals surface area contributed by atoms with Gasteiger partial charge in [-0.2, -0.15) is 5.10 Å². The molecule has 0 saturated carbocycles. The quantitative estimate of drug-likeness (QED) is 0.540. The number of carbonyl (C=O) groups excluding carboxylic acids is 1. The molecule has 1 rings (SSSR count). The van der Waals surface area contributed by atoms with E-state index in [-0.39, 0.29) is 5.91 Å². The Kier molecular flexibility index (Phi) is 2.92. The molecule has 0 saturated heterocycles. The van der Waals surface area contributed by atoms with Crippen LogP contribution in [0.1, 0.15) is 12.5 Å². The summed E-state index contributed by atoms with van der Waals surface area (Å²) in [5.74, 6) is 5.00. The second-order valence-electron chi connectivity index (χ2n) is 2.37. The number of carbonyl (C=O) groups is 1. The summed E-state index contributed by atoms with van der Waals surface area (Å²) in [7, 11) is 0. The number of aromatic nitrogens is 2. The van der Waals surface area contributed by atoms with E-state index in [4.69, 9.17) is 5.73 Å². The van der Waals surface area contributed by atoms with Crippen LogP contribution in [0.5, 0.6) is 0 Å². The molecule has 5 nitrogen and oxygen atoms in total. The largest absolute Gasteiger partial charge is 0.384 e. The van der Waals surface area contributed by atoms with Crippen molar-refractivity contribution in [3.05, 3.63) is 11.8 Å². The van der Waals surface area contributed by atoms with Crippen molar-refractivity contribution in [2.24, 2.45) is 0 Å². The van der Waals surface area contributed by atoms with Gasteiger partial charge in [0.1, 0.15) is 5.82 Å². The van der Waals surface area contributed by atoms with Crippen molar-refractivity contribution in [1.82, 2.24) is 15.5 Å². The number of rotatable bonds is 2. The summed E-state index contributed by atoms with van der Waals surface area (Å²) in [4.78, 5) is 10.9. The fourth-order valence-electron chi connectivity index (χ4n) is 0.795. The smallest absolute Gasteiger partial charge is 0.296 e. The van der Waals surface area contributed by atoms with Gasteiger partial charge in [0.2, 0.25) is 0 Å². The molecule has 0 spiro atoms. The number of hydrogen-bond acceptors (Lipinski definition) is 3. The van der Waals surface area contributed by atoms with Crippen molar-refractivity contribution < 1.29 is 4.79 Å². The van der Waals surface area contributed by atoms with E-state index in [1.807, 2.05) is 0 Å². The van der Waals surface area contributed by atoms with E-state index in [9.17, 15) is 4.79 Å². The minimum absolute atomic E-state index is 0.317. The monoisotopic (exact) mass is 178 g/mol. The average molecular weight is 178 g/mol. The fraction of sp³-hybridized carbons (Fsp3) is 0.250. The molecular weight excluding hydrogens is 168 g/mol. The lowest BCUT2D eigenvalue weighted by molar-refractivity contribution is -0.115. The highest BCUT2D eigenvalue weighted by Crippen LogP contribution is 2.04. The SMILES string of the molecule is CC#CC(=O)NCc1cn[nH]c1N. The predicted molar refractivity (Wildman–Crippen MR) is 48.3 cm³/mol. The highest BCUT2D eigenvalue weighted by Gasteiger charge is 2.01. The maximum absolute atomic E-state index is 10.9. The maximum atomic E-state index is 10.9. The van der Waals surface area contributed by atoms with Gasteiger partial charge in [0.15, 0.2) is 0 Å². The highest BCUT2D eigenvalue weighted by atomic mass is 16.1. The summed E-state index contributed by atoms with van der Waals surface area (Å²) in [5.41, 5.74) is 6.25. The number of aromatic amines is 1. The summed E-state index contributed by atoms with van der Waals surface area (Å²) >= 11 is 0. The van der Waals surface area contributed by atoms with Gasteiger partial charge >= 0.3 is 0 Å². The van der Waals surface area contributed by atoms with Gasteiger partial charge in [-0.05, 0) is 12.8 Å². The average Bonchev–Trinajstić information content (AvgIpc) is 2.48. The third-order valence-corrected chi connectivity index (χ3v) is 1.43. The molecule has 13 heavy (non-hydrogen) atoms. The number of anilines is 1. The van der Waals surface area contributed by atoms with Gasteiger partial charge in [-0.15, -0.1) is 0 Å². The topological polar surface area (TPSA) is 83.8 Å². The van der Waals surface area contributed by atoms with Crippen molar-refractivity contribution >= 4 is 11.7 Å². The summed E-state index contributed by atoms with van der Waals surface area (Å²) in [6, 6.07) is 0. The van der Waals surface area contributed by atoms with Gasteiger partial charge < -0.3 is 11.1 Å².